The van der Waals surface area contributed by atoms with Crippen molar-refractivity contribution in [3.8, 4) is 0 Å². The van der Waals surface area contributed by atoms with E-state index in [2.05, 4.69) is 12.1 Å². The Hall–Kier alpha value is -3.66. The Kier molecular flexibility index (Phi) is 11.6. The second-order valence-corrected chi connectivity index (χ2v) is 11.2. The molecule has 6 rings (SSSR count). The van der Waals surface area contributed by atoms with Crippen LogP contribution in [0.3, 0.4) is 0 Å². The van der Waals surface area contributed by atoms with Crippen LogP contribution in [-0.4, -0.2) is 50.7 Å². The van der Waals surface area contributed by atoms with Crippen molar-refractivity contribution in [2.45, 2.75) is 57.3 Å². The monoisotopic (exact) mass is 608 g/mol. The summed E-state index contributed by atoms with van der Waals surface area (Å²) >= 11 is 0. The highest BCUT2D eigenvalue weighted by Gasteiger charge is 2.45. The van der Waals surface area contributed by atoms with Crippen molar-refractivity contribution < 1.29 is 33.2 Å². The van der Waals surface area contributed by atoms with Gasteiger partial charge in [0.05, 0.1) is 46.2 Å². The highest BCUT2D eigenvalue weighted by atomic mass is 16.7. The Balaban J connectivity index is 1.17. The first-order valence-electron chi connectivity index (χ1n) is 15.5. The Morgan fingerprint density at radius 2 is 1.02 bits per heavy atom. The van der Waals surface area contributed by atoms with Crippen molar-refractivity contribution in [3.63, 3.8) is 0 Å². The summed E-state index contributed by atoms with van der Waals surface area (Å²) in [6.45, 7) is 2.87. The summed E-state index contributed by atoms with van der Waals surface area (Å²) in [4.78, 5) is 0. The SMILES string of the molecule is C1=C(COCc2ccccc2)CO[C@@H]1O[C@@H]1[C@@H](OCc2ccccc2)[C@@H](OCc2ccccc2)OC[C@H]1OCc1ccccc1. The zero-order chi connectivity index (χ0) is 30.5. The lowest BCUT2D eigenvalue weighted by molar-refractivity contribution is -0.315. The smallest absolute Gasteiger partial charge is 0.186 e. The Morgan fingerprint density at radius 1 is 0.511 bits per heavy atom. The molecule has 0 unspecified atom stereocenters. The van der Waals surface area contributed by atoms with Crippen molar-refractivity contribution in [1.82, 2.24) is 0 Å². The topological polar surface area (TPSA) is 64.6 Å². The summed E-state index contributed by atoms with van der Waals surface area (Å²) in [7, 11) is 0. The number of rotatable bonds is 15. The summed E-state index contributed by atoms with van der Waals surface area (Å²) < 4.78 is 44.3. The quantitative estimate of drug-likeness (QED) is 0.141. The minimum absolute atomic E-state index is 0.283. The molecular weight excluding hydrogens is 568 g/mol. The molecule has 1 fully saturated rings. The average molecular weight is 609 g/mol. The van der Waals surface area contributed by atoms with Crippen LogP contribution < -0.4 is 0 Å². The van der Waals surface area contributed by atoms with Crippen molar-refractivity contribution >= 4 is 0 Å². The molecule has 4 aromatic rings. The molecule has 0 aliphatic carbocycles. The summed E-state index contributed by atoms with van der Waals surface area (Å²) in [6.07, 6.45) is -0.795. The third-order valence-corrected chi connectivity index (χ3v) is 7.73. The third-order valence-electron chi connectivity index (χ3n) is 7.73. The zero-order valence-electron chi connectivity index (χ0n) is 25.3. The van der Waals surface area contributed by atoms with Gasteiger partial charge < -0.3 is 33.2 Å². The van der Waals surface area contributed by atoms with Crippen molar-refractivity contribution in [2.24, 2.45) is 0 Å². The standard InChI is InChI=1S/C38H40O7/c1-5-13-29(14-6-1)22-39-23-33-21-35(41-27-33)45-36-34(40-24-30-15-7-2-8-16-30)28-44-38(43-26-32-19-11-4-12-20-32)37(36)42-25-31-17-9-3-10-18-31/h1-21,34-38H,22-28H2/t34-,35-,36+,37-,38+/m1/s1. The maximum absolute atomic E-state index is 6.67. The molecule has 7 nitrogen and oxygen atoms in total. The molecule has 0 bridgehead atoms. The van der Waals surface area contributed by atoms with Gasteiger partial charge >= 0.3 is 0 Å². The van der Waals surface area contributed by atoms with Crippen LogP contribution in [0.15, 0.2) is 133 Å². The molecule has 234 valence electrons. The molecule has 45 heavy (non-hydrogen) atoms. The van der Waals surface area contributed by atoms with Crippen LogP contribution >= 0.6 is 0 Å². The summed E-state index contributed by atoms with van der Waals surface area (Å²) in [5, 5.41) is 0. The fourth-order valence-electron chi connectivity index (χ4n) is 5.34. The molecule has 2 aliphatic rings. The van der Waals surface area contributed by atoms with Gasteiger partial charge in [-0.25, -0.2) is 0 Å². The normalized spacial score (nSPS) is 23.1. The van der Waals surface area contributed by atoms with Crippen LogP contribution in [0.2, 0.25) is 0 Å². The largest absolute Gasteiger partial charge is 0.372 e. The summed E-state index contributed by atoms with van der Waals surface area (Å²) in [5.74, 6) is 0. The first kappa shape index (κ1) is 31.3. The lowest BCUT2D eigenvalue weighted by Gasteiger charge is -2.42. The predicted octanol–water partition coefficient (Wildman–Crippen LogP) is 6.62. The second-order valence-electron chi connectivity index (χ2n) is 11.2. The number of benzene rings is 4. The van der Waals surface area contributed by atoms with Gasteiger partial charge in [0.2, 0.25) is 0 Å². The van der Waals surface area contributed by atoms with Gasteiger partial charge in [-0.1, -0.05) is 121 Å². The first-order valence-corrected chi connectivity index (χ1v) is 15.5. The van der Waals surface area contributed by atoms with Crippen LogP contribution in [-0.2, 0) is 59.6 Å². The number of ether oxygens (including phenoxy) is 7. The van der Waals surface area contributed by atoms with Gasteiger partial charge in [-0.15, -0.1) is 0 Å². The molecule has 0 N–H and O–H groups in total. The van der Waals surface area contributed by atoms with E-state index in [0.29, 0.717) is 39.6 Å². The van der Waals surface area contributed by atoms with E-state index >= 15 is 0 Å². The summed E-state index contributed by atoms with van der Waals surface area (Å²) in [5.41, 5.74) is 5.31. The summed E-state index contributed by atoms with van der Waals surface area (Å²) in [6, 6.07) is 40.3. The van der Waals surface area contributed by atoms with Crippen LogP contribution in [0.25, 0.3) is 0 Å². The zero-order valence-corrected chi connectivity index (χ0v) is 25.3. The van der Waals surface area contributed by atoms with E-state index in [4.69, 9.17) is 33.2 Å². The van der Waals surface area contributed by atoms with Gasteiger partial charge in [0, 0.05) is 0 Å². The van der Waals surface area contributed by atoms with Gasteiger partial charge in [-0.05, 0) is 33.9 Å². The van der Waals surface area contributed by atoms with Gasteiger partial charge in [0.15, 0.2) is 12.6 Å². The van der Waals surface area contributed by atoms with E-state index in [0.717, 1.165) is 27.8 Å². The van der Waals surface area contributed by atoms with Crippen molar-refractivity contribution in [1.29, 1.82) is 0 Å². The molecule has 1 saturated heterocycles. The fraction of sp³-hybridized carbons (Fsp3) is 0.316. The van der Waals surface area contributed by atoms with Crippen LogP contribution in [0.4, 0.5) is 0 Å². The number of hydrogen-bond donors (Lipinski definition) is 0. The third kappa shape index (κ3) is 9.42. The highest BCUT2D eigenvalue weighted by molar-refractivity contribution is 5.17. The Morgan fingerprint density at radius 3 is 1.60 bits per heavy atom. The molecule has 4 aromatic carbocycles. The lowest BCUT2D eigenvalue weighted by atomic mass is 10.0. The molecular formula is C38H40O7. The highest BCUT2D eigenvalue weighted by Crippen LogP contribution is 2.29. The molecule has 5 atom stereocenters. The van der Waals surface area contributed by atoms with Gasteiger partial charge in [0.25, 0.3) is 0 Å². The van der Waals surface area contributed by atoms with Crippen LogP contribution in [0, 0.1) is 0 Å². The second kappa shape index (κ2) is 16.6. The average Bonchev–Trinajstić information content (AvgIpc) is 3.55. The van der Waals surface area contributed by atoms with Crippen LogP contribution in [0.1, 0.15) is 22.3 Å². The van der Waals surface area contributed by atoms with Gasteiger partial charge in [0.1, 0.15) is 18.3 Å². The molecule has 0 amide bonds. The maximum atomic E-state index is 6.67. The maximum Gasteiger partial charge on any atom is 0.186 e. The predicted molar refractivity (Wildman–Crippen MR) is 170 cm³/mol. The van der Waals surface area contributed by atoms with Gasteiger partial charge in [-0.3, -0.25) is 0 Å². The Labute approximate surface area is 265 Å². The molecule has 7 heteroatoms. The molecule has 0 saturated carbocycles. The Bertz CT molecular complexity index is 1430. The van der Waals surface area contributed by atoms with E-state index < -0.39 is 30.9 Å². The van der Waals surface area contributed by atoms with E-state index in [-0.39, 0.29) is 6.61 Å². The minimum Gasteiger partial charge on any atom is -0.372 e. The minimum atomic E-state index is -0.672. The van der Waals surface area contributed by atoms with Crippen molar-refractivity contribution in [2.75, 3.05) is 19.8 Å². The lowest BCUT2D eigenvalue weighted by Crippen LogP contribution is -2.57. The molecule has 0 radical (unpaired) electrons. The number of hydrogen-bond acceptors (Lipinski definition) is 7. The van der Waals surface area contributed by atoms with Crippen molar-refractivity contribution in [3.05, 3.63) is 155 Å². The first-order chi connectivity index (χ1) is 22.3. The van der Waals surface area contributed by atoms with E-state index in [1.54, 1.807) is 0 Å². The molecule has 0 aromatic heterocycles. The van der Waals surface area contributed by atoms with Gasteiger partial charge in [-0.2, -0.15) is 0 Å². The fourth-order valence-corrected chi connectivity index (χ4v) is 5.34. The van der Waals surface area contributed by atoms with E-state index in [1.165, 1.54) is 0 Å². The molecule has 0 spiro atoms. The molecule has 2 aliphatic heterocycles. The van der Waals surface area contributed by atoms with E-state index in [9.17, 15) is 0 Å². The van der Waals surface area contributed by atoms with Crippen LogP contribution in [0.5, 0.6) is 0 Å². The van der Waals surface area contributed by atoms with E-state index in [1.807, 2.05) is 115 Å². The molecule has 2 heterocycles.